The summed E-state index contributed by atoms with van der Waals surface area (Å²) in [4.78, 5) is 4.11. The molecule has 0 spiro atoms. The van der Waals surface area contributed by atoms with Gasteiger partial charge in [-0.25, -0.2) is 4.98 Å². The van der Waals surface area contributed by atoms with Crippen LogP contribution in [-0.2, 0) is 0 Å². The molecule has 0 unspecified atom stereocenters. The van der Waals surface area contributed by atoms with Crippen LogP contribution in [0.3, 0.4) is 0 Å². The Balaban J connectivity index is 2.99. The zero-order chi connectivity index (χ0) is 12.9. The lowest BCUT2D eigenvalue weighted by Gasteiger charge is -2.31. The fourth-order valence-electron chi connectivity index (χ4n) is 1.59. The number of hydrogen-bond acceptors (Lipinski definition) is 5. The van der Waals surface area contributed by atoms with Crippen molar-refractivity contribution in [3.63, 3.8) is 0 Å². The molecular formula is C12H18N4O. The Kier molecular flexibility index (Phi) is 4.30. The van der Waals surface area contributed by atoms with Crippen LogP contribution in [0.15, 0.2) is 12.3 Å². The molecule has 0 saturated heterocycles. The minimum atomic E-state index is -0.407. The standard InChI is InChI=1S/C12H18N4O/c1-3-12(4-2,8-17)16-11-10(14)5-9(6-13)7-15-11/h5,7,17H,3-4,8,14H2,1-2H3,(H,15,16). The Morgan fingerprint density at radius 2 is 2.18 bits per heavy atom. The van der Waals surface area contributed by atoms with E-state index in [1.54, 1.807) is 6.07 Å². The highest BCUT2D eigenvalue weighted by atomic mass is 16.3. The molecule has 1 aromatic heterocycles. The van der Waals surface area contributed by atoms with Crippen molar-refractivity contribution in [2.75, 3.05) is 17.7 Å². The highest BCUT2D eigenvalue weighted by Crippen LogP contribution is 2.24. The number of nitrogens with two attached hydrogens (primary N) is 1. The van der Waals surface area contributed by atoms with Gasteiger partial charge in [0.25, 0.3) is 0 Å². The predicted molar refractivity (Wildman–Crippen MR) is 67.4 cm³/mol. The third-order valence-electron chi connectivity index (χ3n) is 3.09. The molecule has 5 heteroatoms. The molecule has 92 valence electrons. The smallest absolute Gasteiger partial charge is 0.149 e. The molecule has 5 nitrogen and oxygen atoms in total. The van der Waals surface area contributed by atoms with Gasteiger partial charge in [-0.05, 0) is 18.9 Å². The summed E-state index contributed by atoms with van der Waals surface area (Å²) < 4.78 is 0. The summed E-state index contributed by atoms with van der Waals surface area (Å²) >= 11 is 0. The zero-order valence-corrected chi connectivity index (χ0v) is 10.2. The number of rotatable bonds is 5. The van der Waals surface area contributed by atoms with Gasteiger partial charge in [0.05, 0.1) is 23.4 Å². The monoisotopic (exact) mass is 234 g/mol. The van der Waals surface area contributed by atoms with Gasteiger partial charge in [-0.15, -0.1) is 0 Å². The van der Waals surface area contributed by atoms with E-state index < -0.39 is 5.54 Å². The topological polar surface area (TPSA) is 95.0 Å². The molecule has 0 atom stereocenters. The van der Waals surface area contributed by atoms with Crippen molar-refractivity contribution in [3.8, 4) is 6.07 Å². The quantitative estimate of drug-likeness (QED) is 0.717. The molecule has 0 saturated carbocycles. The maximum Gasteiger partial charge on any atom is 0.149 e. The molecule has 0 amide bonds. The summed E-state index contributed by atoms with van der Waals surface area (Å²) in [5.41, 5.74) is 6.25. The Hall–Kier alpha value is -1.80. The summed E-state index contributed by atoms with van der Waals surface area (Å²) in [6.07, 6.45) is 2.99. The fourth-order valence-corrected chi connectivity index (χ4v) is 1.59. The Morgan fingerprint density at radius 3 is 2.59 bits per heavy atom. The van der Waals surface area contributed by atoms with Gasteiger partial charge >= 0.3 is 0 Å². The molecule has 0 aliphatic heterocycles. The molecule has 0 fully saturated rings. The van der Waals surface area contributed by atoms with Crippen LogP contribution in [0.2, 0.25) is 0 Å². The second-order valence-electron chi connectivity index (χ2n) is 4.04. The van der Waals surface area contributed by atoms with Gasteiger partial charge in [0.15, 0.2) is 0 Å². The number of nitrogens with one attached hydrogen (secondary N) is 1. The first-order valence-electron chi connectivity index (χ1n) is 5.65. The van der Waals surface area contributed by atoms with Gasteiger partial charge in [0, 0.05) is 6.20 Å². The van der Waals surface area contributed by atoms with E-state index in [9.17, 15) is 5.11 Å². The number of aliphatic hydroxyl groups excluding tert-OH is 1. The van der Waals surface area contributed by atoms with Crippen LogP contribution in [0, 0.1) is 11.3 Å². The highest BCUT2D eigenvalue weighted by Gasteiger charge is 2.26. The van der Waals surface area contributed by atoms with Crippen molar-refractivity contribution in [2.24, 2.45) is 0 Å². The molecule has 17 heavy (non-hydrogen) atoms. The van der Waals surface area contributed by atoms with Crippen LogP contribution in [0.25, 0.3) is 0 Å². The van der Waals surface area contributed by atoms with Crippen LogP contribution in [0.4, 0.5) is 11.5 Å². The number of pyridine rings is 1. The fraction of sp³-hybridized carbons (Fsp3) is 0.500. The maximum absolute atomic E-state index is 9.45. The number of aliphatic hydroxyl groups is 1. The van der Waals surface area contributed by atoms with Crippen molar-refractivity contribution in [2.45, 2.75) is 32.2 Å². The maximum atomic E-state index is 9.45. The molecule has 1 rings (SSSR count). The Bertz CT molecular complexity index is 413. The minimum absolute atomic E-state index is 0.0150. The number of aromatic nitrogens is 1. The Labute approximate surface area is 101 Å². The molecule has 1 aromatic rings. The highest BCUT2D eigenvalue weighted by molar-refractivity contribution is 5.64. The normalized spacial score (nSPS) is 10.9. The predicted octanol–water partition coefficient (Wildman–Crippen LogP) is 1.50. The van der Waals surface area contributed by atoms with Crippen molar-refractivity contribution in [1.82, 2.24) is 4.98 Å². The van der Waals surface area contributed by atoms with E-state index in [4.69, 9.17) is 11.0 Å². The van der Waals surface area contributed by atoms with Crippen LogP contribution in [-0.4, -0.2) is 22.2 Å². The third kappa shape index (κ3) is 2.86. The van der Waals surface area contributed by atoms with E-state index in [1.807, 2.05) is 19.9 Å². The average Bonchev–Trinajstić information content (AvgIpc) is 2.38. The largest absolute Gasteiger partial charge is 0.396 e. The first-order valence-corrected chi connectivity index (χ1v) is 5.65. The lowest BCUT2D eigenvalue weighted by molar-refractivity contribution is 0.202. The summed E-state index contributed by atoms with van der Waals surface area (Å²) in [5, 5.41) is 21.3. The van der Waals surface area contributed by atoms with E-state index in [0.29, 0.717) is 17.1 Å². The molecular weight excluding hydrogens is 216 g/mol. The van der Waals surface area contributed by atoms with E-state index in [-0.39, 0.29) is 6.61 Å². The van der Waals surface area contributed by atoms with Gasteiger partial charge in [0.1, 0.15) is 11.9 Å². The lowest BCUT2D eigenvalue weighted by atomic mass is 9.94. The Morgan fingerprint density at radius 1 is 1.53 bits per heavy atom. The van der Waals surface area contributed by atoms with E-state index in [2.05, 4.69) is 10.3 Å². The molecule has 0 aliphatic carbocycles. The second kappa shape index (κ2) is 5.51. The van der Waals surface area contributed by atoms with Crippen LogP contribution >= 0.6 is 0 Å². The number of anilines is 2. The van der Waals surface area contributed by atoms with Gasteiger partial charge < -0.3 is 16.2 Å². The molecule has 0 aliphatic rings. The summed E-state index contributed by atoms with van der Waals surface area (Å²) in [6.45, 7) is 4.00. The first-order chi connectivity index (χ1) is 8.10. The zero-order valence-electron chi connectivity index (χ0n) is 10.2. The molecule has 0 radical (unpaired) electrons. The van der Waals surface area contributed by atoms with Gasteiger partial charge in [0.2, 0.25) is 0 Å². The molecule has 0 bridgehead atoms. The summed E-state index contributed by atoms with van der Waals surface area (Å²) in [7, 11) is 0. The second-order valence-corrected chi connectivity index (χ2v) is 4.04. The number of hydrogen-bond donors (Lipinski definition) is 3. The minimum Gasteiger partial charge on any atom is -0.396 e. The van der Waals surface area contributed by atoms with Crippen LogP contribution in [0.1, 0.15) is 32.3 Å². The average molecular weight is 234 g/mol. The van der Waals surface area contributed by atoms with E-state index in [0.717, 1.165) is 12.8 Å². The van der Waals surface area contributed by atoms with Crippen molar-refractivity contribution >= 4 is 11.5 Å². The number of nitrogen functional groups attached to an aromatic ring is 1. The van der Waals surface area contributed by atoms with Crippen LogP contribution in [0.5, 0.6) is 0 Å². The lowest BCUT2D eigenvalue weighted by Crippen LogP contribution is -2.41. The molecule has 0 aromatic carbocycles. The van der Waals surface area contributed by atoms with E-state index >= 15 is 0 Å². The number of nitrogens with zero attached hydrogens (tertiary/aromatic N) is 2. The number of nitriles is 1. The molecule has 1 heterocycles. The van der Waals surface area contributed by atoms with Gasteiger partial charge in [-0.3, -0.25) is 0 Å². The first kappa shape index (κ1) is 13.3. The summed E-state index contributed by atoms with van der Waals surface area (Å²) in [6, 6.07) is 3.55. The third-order valence-corrected chi connectivity index (χ3v) is 3.09. The van der Waals surface area contributed by atoms with Crippen molar-refractivity contribution in [1.29, 1.82) is 5.26 Å². The van der Waals surface area contributed by atoms with Crippen LogP contribution < -0.4 is 11.1 Å². The molecule has 4 N–H and O–H groups in total. The van der Waals surface area contributed by atoms with Gasteiger partial charge in [-0.1, -0.05) is 13.8 Å². The van der Waals surface area contributed by atoms with Crippen molar-refractivity contribution in [3.05, 3.63) is 17.8 Å². The summed E-state index contributed by atoms with van der Waals surface area (Å²) in [5.74, 6) is 0.516. The van der Waals surface area contributed by atoms with E-state index in [1.165, 1.54) is 6.20 Å². The van der Waals surface area contributed by atoms with Gasteiger partial charge in [-0.2, -0.15) is 5.26 Å². The van der Waals surface area contributed by atoms with Crippen molar-refractivity contribution < 1.29 is 5.11 Å². The SMILES string of the molecule is CCC(CC)(CO)Nc1ncc(C#N)cc1N.